The molecule has 0 aromatic heterocycles. The Morgan fingerprint density at radius 2 is 1.78 bits per heavy atom. The third kappa shape index (κ3) is 4.76. The molecule has 7 nitrogen and oxygen atoms in total. The number of thioether (sulfide) groups is 1. The Hall–Kier alpha value is -2.17. The molecule has 2 amide bonds. The van der Waals surface area contributed by atoms with Crippen molar-refractivity contribution in [2.75, 3.05) is 0 Å². The minimum absolute atomic E-state index is 0.0222. The fourth-order valence-electron chi connectivity index (χ4n) is 2.21. The van der Waals surface area contributed by atoms with Crippen molar-refractivity contribution in [2.45, 2.75) is 6.61 Å². The Labute approximate surface area is 174 Å². The molecule has 1 heterocycles. The highest BCUT2D eigenvalue weighted by Gasteiger charge is 2.25. The normalized spacial score (nSPS) is 15.1. The average Bonchev–Trinajstić information content (AvgIpc) is 2.94. The highest BCUT2D eigenvalue weighted by molar-refractivity contribution is 9.11. The number of nitrogens with one attached hydrogen (secondary N) is 1. The van der Waals surface area contributed by atoms with Crippen molar-refractivity contribution in [3.63, 3.8) is 0 Å². The number of nitro benzene ring substituents is 1. The number of ether oxygens (including phenoxy) is 1. The Morgan fingerprint density at radius 3 is 2.30 bits per heavy atom. The number of hydrogen-bond donors (Lipinski definition) is 1. The Morgan fingerprint density at radius 1 is 1.15 bits per heavy atom. The van der Waals surface area contributed by atoms with Gasteiger partial charge in [-0.3, -0.25) is 25.0 Å². The number of hydrogen-bond acceptors (Lipinski definition) is 6. The van der Waals surface area contributed by atoms with Gasteiger partial charge in [0.2, 0.25) is 0 Å². The molecule has 0 atom stereocenters. The number of non-ortho nitro benzene ring substituents is 1. The van der Waals surface area contributed by atoms with E-state index in [1.807, 2.05) is 0 Å². The molecule has 0 aliphatic carbocycles. The number of carbonyl (C=O) groups excluding carboxylic acids is 2. The summed E-state index contributed by atoms with van der Waals surface area (Å²) in [5.74, 6) is 0.135. The number of amides is 2. The van der Waals surface area contributed by atoms with Crippen LogP contribution in [0.25, 0.3) is 6.08 Å². The van der Waals surface area contributed by atoms with Crippen LogP contribution in [0.1, 0.15) is 11.1 Å². The second kappa shape index (κ2) is 8.24. The van der Waals surface area contributed by atoms with Gasteiger partial charge in [-0.2, -0.15) is 0 Å². The summed E-state index contributed by atoms with van der Waals surface area (Å²) in [5, 5.41) is 12.5. The molecule has 1 fully saturated rings. The van der Waals surface area contributed by atoms with E-state index < -0.39 is 16.1 Å². The zero-order valence-electron chi connectivity index (χ0n) is 13.4. The maximum atomic E-state index is 11.7. The second-order valence-electron chi connectivity index (χ2n) is 5.37. The first-order valence-electron chi connectivity index (χ1n) is 7.43. The van der Waals surface area contributed by atoms with Gasteiger partial charge in [0.15, 0.2) is 0 Å². The van der Waals surface area contributed by atoms with Crippen LogP contribution in [0, 0.1) is 10.1 Å². The minimum atomic E-state index is -0.456. The molecule has 27 heavy (non-hydrogen) atoms. The summed E-state index contributed by atoms with van der Waals surface area (Å²) in [6.45, 7) is 0.240. The molecular weight excluding hydrogens is 504 g/mol. The van der Waals surface area contributed by atoms with Crippen LogP contribution in [-0.2, 0) is 11.4 Å². The monoisotopic (exact) mass is 512 g/mol. The van der Waals surface area contributed by atoms with Crippen molar-refractivity contribution in [1.82, 2.24) is 5.32 Å². The van der Waals surface area contributed by atoms with Crippen LogP contribution in [0.2, 0.25) is 0 Å². The fourth-order valence-corrected chi connectivity index (χ4v) is 4.25. The molecule has 2 aromatic rings. The molecule has 0 saturated carbocycles. The van der Waals surface area contributed by atoms with E-state index in [1.54, 1.807) is 30.3 Å². The Bertz CT molecular complexity index is 953. The van der Waals surface area contributed by atoms with Crippen LogP contribution in [0.15, 0.2) is 50.2 Å². The second-order valence-corrected chi connectivity index (χ2v) is 8.09. The molecule has 1 N–H and O–H groups in total. The van der Waals surface area contributed by atoms with Gasteiger partial charge in [-0.1, -0.05) is 0 Å². The quantitative estimate of drug-likeness (QED) is 0.342. The molecule has 138 valence electrons. The van der Waals surface area contributed by atoms with Crippen molar-refractivity contribution in [3.05, 3.63) is 71.5 Å². The van der Waals surface area contributed by atoms with Gasteiger partial charge in [-0.15, -0.1) is 0 Å². The molecule has 3 rings (SSSR count). The van der Waals surface area contributed by atoms with Gasteiger partial charge in [0.25, 0.3) is 16.8 Å². The maximum Gasteiger partial charge on any atom is 0.290 e. The highest BCUT2D eigenvalue weighted by Crippen LogP contribution is 2.35. The van der Waals surface area contributed by atoms with Gasteiger partial charge in [0, 0.05) is 26.6 Å². The van der Waals surface area contributed by atoms with Gasteiger partial charge in [-0.05, 0) is 79.5 Å². The third-order valence-corrected chi connectivity index (χ3v) is 5.65. The predicted molar refractivity (Wildman–Crippen MR) is 108 cm³/mol. The van der Waals surface area contributed by atoms with E-state index in [4.69, 9.17) is 4.74 Å². The number of nitrogens with zero attached hydrogens (tertiary/aromatic N) is 1. The minimum Gasteiger partial charge on any atom is -0.489 e. The van der Waals surface area contributed by atoms with E-state index in [0.29, 0.717) is 25.2 Å². The largest absolute Gasteiger partial charge is 0.489 e. The predicted octanol–water partition coefficient (Wildman–Crippen LogP) is 5.02. The lowest BCUT2D eigenvalue weighted by molar-refractivity contribution is -0.384. The summed E-state index contributed by atoms with van der Waals surface area (Å²) in [6, 6.07) is 9.59. The lowest BCUT2D eigenvalue weighted by atomic mass is 10.2. The number of rotatable bonds is 5. The first-order chi connectivity index (χ1) is 12.8. The average molecular weight is 514 g/mol. The van der Waals surface area contributed by atoms with Crippen molar-refractivity contribution < 1.29 is 19.2 Å². The van der Waals surface area contributed by atoms with E-state index in [1.165, 1.54) is 12.1 Å². The van der Waals surface area contributed by atoms with E-state index in [2.05, 4.69) is 37.2 Å². The molecule has 1 aliphatic heterocycles. The summed E-state index contributed by atoms with van der Waals surface area (Å²) >= 11 is 7.71. The van der Waals surface area contributed by atoms with Crippen LogP contribution in [0.4, 0.5) is 10.5 Å². The van der Waals surface area contributed by atoms with Gasteiger partial charge in [0.1, 0.15) is 12.4 Å². The standard InChI is InChI=1S/C17H10Br2N2O5S/c18-13-5-11(26-8-9-1-3-10(4-2-9)21(24)25)6-14(19)12(13)7-15-16(22)20-17(23)27-15/h1-7H,8H2,(H,20,22,23). The van der Waals surface area contributed by atoms with Crippen LogP contribution in [0.5, 0.6) is 5.75 Å². The molecule has 0 unspecified atom stereocenters. The first kappa shape index (κ1) is 19.6. The summed E-state index contributed by atoms with van der Waals surface area (Å²) < 4.78 is 7.08. The van der Waals surface area contributed by atoms with Crippen LogP contribution in [0.3, 0.4) is 0 Å². The van der Waals surface area contributed by atoms with Gasteiger partial charge < -0.3 is 4.74 Å². The van der Waals surface area contributed by atoms with Crippen LogP contribution in [-0.4, -0.2) is 16.1 Å². The topological polar surface area (TPSA) is 98.5 Å². The van der Waals surface area contributed by atoms with E-state index in [0.717, 1.165) is 17.3 Å². The van der Waals surface area contributed by atoms with E-state index in [9.17, 15) is 19.7 Å². The van der Waals surface area contributed by atoms with Crippen molar-refractivity contribution >= 4 is 66.5 Å². The van der Waals surface area contributed by atoms with Gasteiger partial charge >= 0.3 is 0 Å². The summed E-state index contributed by atoms with van der Waals surface area (Å²) in [4.78, 5) is 33.5. The van der Waals surface area contributed by atoms with Crippen LogP contribution >= 0.6 is 43.6 Å². The molecule has 0 bridgehead atoms. The third-order valence-electron chi connectivity index (χ3n) is 3.52. The molecule has 1 aliphatic rings. The first-order valence-corrected chi connectivity index (χ1v) is 9.84. The summed E-state index contributed by atoms with van der Waals surface area (Å²) in [5.41, 5.74) is 1.51. The number of nitro groups is 1. The summed E-state index contributed by atoms with van der Waals surface area (Å²) in [6.07, 6.45) is 1.61. The molecule has 1 saturated heterocycles. The van der Waals surface area contributed by atoms with Gasteiger partial charge in [0.05, 0.1) is 9.83 Å². The van der Waals surface area contributed by atoms with Crippen molar-refractivity contribution in [3.8, 4) is 5.75 Å². The molecular formula is C17H10Br2N2O5S. The molecule has 0 spiro atoms. The van der Waals surface area contributed by atoms with Crippen LogP contribution < -0.4 is 10.1 Å². The van der Waals surface area contributed by atoms with Gasteiger partial charge in [-0.25, -0.2) is 0 Å². The molecule has 10 heteroatoms. The summed E-state index contributed by atoms with van der Waals surface area (Å²) in [7, 11) is 0. The zero-order valence-corrected chi connectivity index (χ0v) is 17.4. The number of halogens is 2. The fraction of sp³-hybridized carbons (Fsp3) is 0.0588. The Kier molecular flexibility index (Phi) is 5.98. The lowest BCUT2D eigenvalue weighted by Gasteiger charge is -2.10. The smallest absolute Gasteiger partial charge is 0.290 e. The highest BCUT2D eigenvalue weighted by atomic mass is 79.9. The van der Waals surface area contributed by atoms with Crippen molar-refractivity contribution in [2.24, 2.45) is 0 Å². The molecule has 0 radical (unpaired) electrons. The number of benzene rings is 2. The van der Waals surface area contributed by atoms with E-state index in [-0.39, 0.29) is 12.3 Å². The molecule has 2 aromatic carbocycles. The SMILES string of the molecule is O=C1NC(=O)C(=Cc2c(Br)cc(OCc3ccc([N+](=O)[O-])cc3)cc2Br)S1. The van der Waals surface area contributed by atoms with Crippen molar-refractivity contribution in [1.29, 1.82) is 0 Å². The number of imide groups is 1. The lowest BCUT2D eigenvalue weighted by Crippen LogP contribution is -2.17. The Balaban J connectivity index is 1.74. The van der Waals surface area contributed by atoms with E-state index >= 15 is 0 Å². The zero-order chi connectivity index (χ0) is 19.6. The number of carbonyl (C=O) groups is 2. The maximum absolute atomic E-state index is 11.7.